The van der Waals surface area contributed by atoms with Crippen molar-refractivity contribution in [2.24, 2.45) is 0 Å². The molecule has 0 bridgehead atoms. The predicted molar refractivity (Wildman–Crippen MR) is 87.0 cm³/mol. The van der Waals surface area contributed by atoms with E-state index in [1.807, 2.05) is 0 Å². The topological polar surface area (TPSA) is 93.1 Å². The first-order valence-electron chi connectivity index (χ1n) is 7.23. The van der Waals surface area contributed by atoms with Gasteiger partial charge in [0.2, 0.25) is 0 Å². The Morgan fingerprint density at radius 1 is 1.04 bits per heavy atom. The molecule has 0 aromatic heterocycles. The Hall–Kier alpha value is -3.02. The molecule has 24 heavy (non-hydrogen) atoms. The molecule has 2 N–H and O–H groups in total. The minimum Gasteiger partial charge on any atom is -0.497 e. The number of ether oxygens (including phenoxy) is 2. The highest BCUT2D eigenvalue weighted by Gasteiger charge is 2.26. The number of aromatic carboxylic acids is 1. The number of carboxylic acid groups (broad SMARTS) is 2. The first-order chi connectivity index (χ1) is 11.5. The molecule has 2 aromatic carbocycles. The van der Waals surface area contributed by atoms with E-state index in [0.29, 0.717) is 22.6 Å². The smallest absolute Gasteiger partial charge is 0.335 e. The molecule has 0 spiro atoms. The van der Waals surface area contributed by atoms with Crippen molar-refractivity contribution in [2.75, 3.05) is 14.2 Å². The van der Waals surface area contributed by atoms with Crippen molar-refractivity contribution >= 4 is 11.9 Å². The minimum atomic E-state index is -1.09. The van der Waals surface area contributed by atoms with Crippen LogP contribution >= 0.6 is 0 Å². The van der Waals surface area contributed by atoms with Gasteiger partial charge in [0.25, 0.3) is 0 Å². The zero-order valence-corrected chi connectivity index (χ0v) is 13.4. The highest BCUT2D eigenvalue weighted by Crippen LogP contribution is 2.33. The van der Waals surface area contributed by atoms with Gasteiger partial charge in [-0.25, -0.2) is 4.79 Å². The molecule has 2 aromatic rings. The van der Waals surface area contributed by atoms with Crippen LogP contribution in [0.5, 0.6) is 11.5 Å². The molecular weight excluding hydrogens is 312 g/mol. The van der Waals surface area contributed by atoms with Crippen LogP contribution in [0, 0.1) is 0 Å². The van der Waals surface area contributed by atoms with Gasteiger partial charge in [-0.2, -0.15) is 0 Å². The Labute approximate surface area is 139 Å². The van der Waals surface area contributed by atoms with E-state index in [2.05, 4.69) is 0 Å². The van der Waals surface area contributed by atoms with Gasteiger partial charge in [0, 0.05) is 11.6 Å². The Balaban J connectivity index is 2.45. The molecular formula is C18H18O6. The SMILES string of the molecule is COc1ccc(C(Cc2ccccc2C(=O)O)C(=O)O)c(OC)c1. The standard InChI is InChI=1S/C18H18O6/c1-23-12-7-8-14(16(10-12)24-2)15(18(21)22)9-11-5-3-4-6-13(11)17(19)20/h3-8,10,15H,9H2,1-2H3,(H,19,20)(H,21,22). The van der Waals surface area contributed by atoms with Crippen LogP contribution in [0.25, 0.3) is 0 Å². The zero-order valence-electron chi connectivity index (χ0n) is 13.4. The maximum atomic E-state index is 11.8. The van der Waals surface area contributed by atoms with Crippen LogP contribution in [-0.4, -0.2) is 36.4 Å². The molecule has 0 aliphatic carbocycles. The predicted octanol–water partition coefficient (Wildman–Crippen LogP) is 2.81. The molecule has 1 atom stereocenters. The van der Waals surface area contributed by atoms with Crippen molar-refractivity contribution in [1.29, 1.82) is 0 Å². The molecule has 0 aliphatic heterocycles. The molecule has 0 saturated heterocycles. The summed E-state index contributed by atoms with van der Waals surface area (Å²) >= 11 is 0. The number of benzene rings is 2. The largest absolute Gasteiger partial charge is 0.497 e. The number of carbonyl (C=O) groups is 2. The molecule has 0 radical (unpaired) electrons. The van der Waals surface area contributed by atoms with E-state index < -0.39 is 17.9 Å². The van der Waals surface area contributed by atoms with Crippen molar-refractivity contribution in [3.63, 3.8) is 0 Å². The van der Waals surface area contributed by atoms with E-state index in [-0.39, 0.29) is 12.0 Å². The fourth-order valence-corrected chi connectivity index (χ4v) is 2.56. The van der Waals surface area contributed by atoms with E-state index in [9.17, 15) is 19.8 Å². The van der Waals surface area contributed by atoms with Gasteiger partial charge in [0.15, 0.2) is 0 Å². The summed E-state index contributed by atoms with van der Waals surface area (Å²) in [5.74, 6) is -2.15. The minimum absolute atomic E-state index is 0.0422. The summed E-state index contributed by atoms with van der Waals surface area (Å²) in [4.78, 5) is 23.1. The third-order valence-electron chi connectivity index (χ3n) is 3.79. The second-order valence-electron chi connectivity index (χ2n) is 5.17. The van der Waals surface area contributed by atoms with Crippen LogP contribution in [0.2, 0.25) is 0 Å². The summed E-state index contributed by atoms with van der Waals surface area (Å²) in [6.45, 7) is 0. The van der Waals surface area contributed by atoms with E-state index in [1.54, 1.807) is 36.4 Å². The number of carboxylic acids is 2. The van der Waals surface area contributed by atoms with Gasteiger partial charge in [-0.1, -0.05) is 24.3 Å². The van der Waals surface area contributed by atoms with Crippen LogP contribution in [0.3, 0.4) is 0 Å². The first-order valence-corrected chi connectivity index (χ1v) is 7.23. The number of hydrogen-bond donors (Lipinski definition) is 2. The lowest BCUT2D eigenvalue weighted by Gasteiger charge is -2.18. The maximum absolute atomic E-state index is 11.8. The molecule has 2 rings (SSSR count). The Bertz CT molecular complexity index is 753. The summed E-state index contributed by atoms with van der Waals surface area (Å²) in [7, 11) is 2.95. The molecule has 6 heteroatoms. The third-order valence-corrected chi connectivity index (χ3v) is 3.79. The third kappa shape index (κ3) is 3.65. The van der Waals surface area contributed by atoms with Crippen molar-refractivity contribution in [2.45, 2.75) is 12.3 Å². The lowest BCUT2D eigenvalue weighted by molar-refractivity contribution is -0.138. The fraction of sp³-hybridized carbons (Fsp3) is 0.222. The average molecular weight is 330 g/mol. The summed E-state index contributed by atoms with van der Waals surface area (Å²) in [5.41, 5.74) is 1.01. The number of hydrogen-bond acceptors (Lipinski definition) is 4. The van der Waals surface area contributed by atoms with Crippen molar-refractivity contribution in [3.8, 4) is 11.5 Å². The number of rotatable bonds is 7. The quantitative estimate of drug-likeness (QED) is 0.811. The second-order valence-corrected chi connectivity index (χ2v) is 5.17. The molecule has 0 amide bonds. The van der Waals surface area contributed by atoms with Gasteiger partial charge in [-0.15, -0.1) is 0 Å². The number of aliphatic carboxylic acids is 1. The zero-order chi connectivity index (χ0) is 17.7. The summed E-state index contributed by atoms with van der Waals surface area (Å²) < 4.78 is 10.4. The normalized spacial score (nSPS) is 11.6. The summed E-state index contributed by atoms with van der Waals surface area (Å²) in [6, 6.07) is 11.3. The monoisotopic (exact) mass is 330 g/mol. The molecule has 0 fully saturated rings. The highest BCUT2D eigenvalue weighted by atomic mass is 16.5. The van der Waals surface area contributed by atoms with Crippen LogP contribution < -0.4 is 9.47 Å². The van der Waals surface area contributed by atoms with Gasteiger partial charge >= 0.3 is 11.9 Å². The van der Waals surface area contributed by atoms with E-state index >= 15 is 0 Å². The van der Waals surface area contributed by atoms with Gasteiger partial charge < -0.3 is 19.7 Å². The molecule has 126 valence electrons. The Morgan fingerprint density at radius 2 is 1.75 bits per heavy atom. The Kier molecular flexibility index (Phi) is 5.42. The van der Waals surface area contributed by atoms with Crippen LogP contribution in [0.15, 0.2) is 42.5 Å². The van der Waals surface area contributed by atoms with E-state index in [4.69, 9.17) is 9.47 Å². The molecule has 1 unspecified atom stereocenters. The van der Waals surface area contributed by atoms with E-state index in [0.717, 1.165) is 0 Å². The lowest BCUT2D eigenvalue weighted by Crippen LogP contribution is -2.17. The van der Waals surface area contributed by atoms with Gasteiger partial charge in [-0.05, 0) is 24.1 Å². The van der Waals surface area contributed by atoms with Crippen molar-refractivity contribution < 1.29 is 29.3 Å². The van der Waals surface area contributed by atoms with Gasteiger partial charge in [-0.3, -0.25) is 4.79 Å². The molecule has 6 nitrogen and oxygen atoms in total. The van der Waals surface area contributed by atoms with Crippen molar-refractivity contribution in [1.82, 2.24) is 0 Å². The van der Waals surface area contributed by atoms with Crippen molar-refractivity contribution in [3.05, 3.63) is 59.2 Å². The van der Waals surface area contributed by atoms with Crippen LogP contribution in [0.4, 0.5) is 0 Å². The number of methoxy groups -OCH3 is 2. The fourth-order valence-electron chi connectivity index (χ4n) is 2.56. The maximum Gasteiger partial charge on any atom is 0.335 e. The first kappa shape index (κ1) is 17.3. The van der Waals surface area contributed by atoms with E-state index in [1.165, 1.54) is 20.3 Å². The Morgan fingerprint density at radius 3 is 2.33 bits per heavy atom. The van der Waals surface area contributed by atoms with Gasteiger partial charge in [0.05, 0.1) is 25.7 Å². The van der Waals surface area contributed by atoms with Crippen LogP contribution in [-0.2, 0) is 11.2 Å². The molecule has 0 aliphatic rings. The average Bonchev–Trinajstić information content (AvgIpc) is 2.59. The summed E-state index contributed by atoms with van der Waals surface area (Å²) in [6.07, 6.45) is 0.0422. The molecule has 0 heterocycles. The van der Waals surface area contributed by atoms with Crippen LogP contribution in [0.1, 0.15) is 27.4 Å². The second kappa shape index (κ2) is 7.50. The molecule has 0 saturated carbocycles. The van der Waals surface area contributed by atoms with Gasteiger partial charge in [0.1, 0.15) is 11.5 Å². The highest BCUT2D eigenvalue weighted by molar-refractivity contribution is 5.89. The summed E-state index contributed by atoms with van der Waals surface area (Å²) in [5, 5.41) is 18.9. The lowest BCUT2D eigenvalue weighted by atomic mass is 9.89.